The number of hydrogen-bond acceptors (Lipinski definition) is 5. The largest absolute Gasteiger partial charge is 0.493 e. The van der Waals surface area contributed by atoms with Crippen molar-refractivity contribution in [3.05, 3.63) is 32.2 Å². The maximum atomic E-state index is 15.7. The third-order valence-corrected chi connectivity index (χ3v) is 7.23. The molecule has 0 amide bonds. The average molecular weight is 417 g/mol. The second-order valence-corrected chi connectivity index (χ2v) is 9.09. The monoisotopic (exact) mass is 417 g/mol. The first kappa shape index (κ1) is 19.6. The van der Waals surface area contributed by atoms with Gasteiger partial charge in [-0.05, 0) is 38.5 Å². The quantitative estimate of drug-likeness (QED) is 0.801. The molecule has 1 aromatic heterocycles. The first-order valence-corrected chi connectivity index (χ1v) is 10.9. The van der Waals surface area contributed by atoms with E-state index in [1.54, 1.807) is 11.5 Å². The molecule has 2 aliphatic carbocycles. The van der Waals surface area contributed by atoms with Crippen LogP contribution in [0.3, 0.4) is 0 Å². The summed E-state index contributed by atoms with van der Waals surface area (Å²) in [7, 11) is 1.35. The van der Waals surface area contributed by atoms with Crippen LogP contribution in [0.15, 0.2) is 9.59 Å². The molecule has 3 unspecified atom stereocenters. The fourth-order valence-corrected chi connectivity index (χ4v) is 5.67. The summed E-state index contributed by atoms with van der Waals surface area (Å²) in [5.41, 5.74) is 0.356. The van der Waals surface area contributed by atoms with Crippen LogP contribution in [0, 0.1) is 24.6 Å². The number of ether oxygens (including phenoxy) is 1. The molecule has 8 heteroatoms. The normalized spacial score (nSPS) is 26.7. The van der Waals surface area contributed by atoms with Crippen LogP contribution < -0.4 is 20.9 Å². The van der Waals surface area contributed by atoms with Gasteiger partial charge in [-0.3, -0.25) is 14.3 Å². The number of nitrogens with one attached hydrogen (secondary N) is 1. The molecule has 3 fully saturated rings. The summed E-state index contributed by atoms with van der Waals surface area (Å²) in [6, 6.07) is 0.0186. The smallest absolute Gasteiger partial charge is 0.329 e. The number of benzene rings is 1. The molecule has 1 saturated heterocycles. The molecule has 0 radical (unpaired) electrons. The van der Waals surface area contributed by atoms with Crippen molar-refractivity contribution in [3.8, 4) is 5.75 Å². The summed E-state index contributed by atoms with van der Waals surface area (Å²) in [6.45, 7) is 3.00. The lowest BCUT2D eigenvalue weighted by molar-refractivity contribution is 0.0948. The van der Waals surface area contributed by atoms with Crippen molar-refractivity contribution < 1.29 is 14.2 Å². The standard InChI is InChI=1S/C22H28FN3O4/c1-11-18-16(21(28)24-22(29)26(18)13-7-8-13)20(30-2)17(23)19(11)25-9-12-5-3-4-6-15(27)14(12)10-25/h12-15,27H,3-10H2,1-2H3,(H,24,28,29). The summed E-state index contributed by atoms with van der Waals surface area (Å²) in [4.78, 5) is 29.6. The summed E-state index contributed by atoms with van der Waals surface area (Å²) in [6.07, 6.45) is 5.25. The lowest BCUT2D eigenvalue weighted by Gasteiger charge is -2.26. The van der Waals surface area contributed by atoms with Crippen molar-refractivity contribution in [2.75, 3.05) is 25.1 Å². The first-order valence-electron chi connectivity index (χ1n) is 10.9. The van der Waals surface area contributed by atoms with Gasteiger partial charge in [0.2, 0.25) is 0 Å². The van der Waals surface area contributed by atoms with Crippen LogP contribution in [-0.2, 0) is 0 Å². The van der Waals surface area contributed by atoms with Crippen molar-refractivity contribution in [2.45, 2.75) is 57.6 Å². The van der Waals surface area contributed by atoms with E-state index in [4.69, 9.17) is 4.74 Å². The minimum absolute atomic E-state index is 0.0186. The molecule has 3 atom stereocenters. The molecule has 7 nitrogen and oxygen atoms in total. The zero-order valence-electron chi connectivity index (χ0n) is 17.4. The number of aliphatic hydroxyl groups excluding tert-OH is 1. The fraction of sp³-hybridized carbons (Fsp3) is 0.636. The van der Waals surface area contributed by atoms with Gasteiger partial charge >= 0.3 is 5.69 Å². The van der Waals surface area contributed by atoms with E-state index < -0.39 is 17.1 Å². The number of nitrogens with zero attached hydrogens (tertiary/aromatic N) is 2. The van der Waals surface area contributed by atoms with Crippen LogP contribution in [0.4, 0.5) is 10.1 Å². The van der Waals surface area contributed by atoms with Gasteiger partial charge in [-0.2, -0.15) is 0 Å². The Bertz CT molecular complexity index is 1120. The number of aryl methyl sites for hydroxylation is 1. The molecule has 2 saturated carbocycles. The van der Waals surface area contributed by atoms with Gasteiger partial charge in [0.25, 0.3) is 5.56 Å². The number of hydrogen-bond donors (Lipinski definition) is 2. The van der Waals surface area contributed by atoms with Gasteiger partial charge < -0.3 is 14.7 Å². The van der Waals surface area contributed by atoms with E-state index in [1.165, 1.54) is 7.11 Å². The van der Waals surface area contributed by atoms with Crippen molar-refractivity contribution in [1.29, 1.82) is 0 Å². The number of methoxy groups -OCH3 is 1. The van der Waals surface area contributed by atoms with Crippen LogP contribution >= 0.6 is 0 Å². The van der Waals surface area contributed by atoms with Crippen molar-refractivity contribution in [1.82, 2.24) is 9.55 Å². The third kappa shape index (κ3) is 2.87. The van der Waals surface area contributed by atoms with E-state index in [0.717, 1.165) is 38.5 Å². The van der Waals surface area contributed by atoms with Gasteiger partial charge in [0.1, 0.15) is 5.39 Å². The second kappa shape index (κ2) is 7.11. The molecule has 162 valence electrons. The predicted molar refractivity (Wildman–Crippen MR) is 112 cm³/mol. The molecule has 0 bridgehead atoms. The molecule has 30 heavy (non-hydrogen) atoms. The van der Waals surface area contributed by atoms with Gasteiger partial charge in [0, 0.05) is 30.6 Å². The number of aromatic nitrogens is 2. The number of anilines is 1. The van der Waals surface area contributed by atoms with E-state index in [0.29, 0.717) is 35.8 Å². The molecule has 2 heterocycles. The SMILES string of the molecule is COc1c(F)c(N2CC3CCCCC(O)C3C2)c(C)c2c1c(=O)[nH]c(=O)n2C1CC1. The Morgan fingerprint density at radius 2 is 1.87 bits per heavy atom. The zero-order valence-corrected chi connectivity index (χ0v) is 17.4. The molecule has 1 aliphatic heterocycles. The Morgan fingerprint density at radius 1 is 1.13 bits per heavy atom. The summed E-state index contributed by atoms with van der Waals surface area (Å²) < 4.78 is 22.7. The van der Waals surface area contributed by atoms with E-state index in [1.807, 2.05) is 4.90 Å². The molecular formula is C22H28FN3O4. The summed E-state index contributed by atoms with van der Waals surface area (Å²) in [5.74, 6) is -0.264. The van der Waals surface area contributed by atoms with E-state index in [9.17, 15) is 14.7 Å². The van der Waals surface area contributed by atoms with E-state index in [-0.39, 0.29) is 29.2 Å². The number of rotatable bonds is 3. The number of halogens is 1. The molecule has 1 aromatic carbocycles. The van der Waals surface area contributed by atoms with Crippen LogP contribution in [-0.4, -0.2) is 41.0 Å². The minimum Gasteiger partial charge on any atom is -0.493 e. The highest BCUT2D eigenvalue weighted by Gasteiger charge is 2.41. The Morgan fingerprint density at radius 3 is 2.57 bits per heavy atom. The molecule has 3 aliphatic rings. The van der Waals surface area contributed by atoms with Gasteiger partial charge in [-0.1, -0.05) is 12.8 Å². The van der Waals surface area contributed by atoms with Crippen LogP contribution in [0.25, 0.3) is 10.9 Å². The molecule has 2 aromatic rings. The molecule has 5 rings (SSSR count). The van der Waals surface area contributed by atoms with Gasteiger partial charge in [0.15, 0.2) is 11.6 Å². The minimum atomic E-state index is -0.626. The van der Waals surface area contributed by atoms with Crippen molar-refractivity contribution in [3.63, 3.8) is 0 Å². The van der Waals surface area contributed by atoms with Crippen molar-refractivity contribution >= 4 is 16.6 Å². The molecule has 0 spiro atoms. The number of aromatic amines is 1. The maximum absolute atomic E-state index is 15.7. The number of aliphatic hydroxyl groups is 1. The van der Waals surface area contributed by atoms with E-state index >= 15 is 4.39 Å². The third-order valence-electron chi connectivity index (χ3n) is 7.23. The summed E-state index contributed by atoms with van der Waals surface area (Å²) >= 11 is 0. The summed E-state index contributed by atoms with van der Waals surface area (Å²) in [5, 5.41) is 10.7. The van der Waals surface area contributed by atoms with Gasteiger partial charge in [0.05, 0.1) is 24.4 Å². The Hall–Kier alpha value is -2.35. The number of H-pyrrole nitrogens is 1. The molecular weight excluding hydrogens is 389 g/mol. The van der Waals surface area contributed by atoms with Gasteiger partial charge in [-0.15, -0.1) is 0 Å². The van der Waals surface area contributed by atoms with Crippen molar-refractivity contribution in [2.24, 2.45) is 11.8 Å². The average Bonchev–Trinajstić information content (AvgIpc) is 3.48. The Kier molecular flexibility index (Phi) is 4.65. The highest BCUT2D eigenvalue weighted by Crippen LogP contribution is 2.45. The Labute approximate surface area is 173 Å². The molecule has 2 N–H and O–H groups in total. The highest BCUT2D eigenvalue weighted by molar-refractivity contribution is 5.93. The number of fused-ring (bicyclic) bond motifs is 2. The van der Waals surface area contributed by atoms with Crippen LogP contribution in [0.2, 0.25) is 0 Å². The second-order valence-electron chi connectivity index (χ2n) is 9.09. The van der Waals surface area contributed by atoms with Gasteiger partial charge in [-0.25, -0.2) is 9.18 Å². The zero-order chi connectivity index (χ0) is 21.2. The fourth-order valence-electron chi connectivity index (χ4n) is 5.67. The predicted octanol–water partition coefficient (Wildman–Crippen LogP) is 2.47. The Balaban J connectivity index is 1.73. The topological polar surface area (TPSA) is 87.6 Å². The van der Waals surface area contributed by atoms with E-state index in [2.05, 4.69) is 4.98 Å². The highest BCUT2D eigenvalue weighted by atomic mass is 19.1. The first-order chi connectivity index (χ1) is 14.4. The maximum Gasteiger partial charge on any atom is 0.329 e. The lowest BCUT2D eigenvalue weighted by atomic mass is 9.90. The van der Waals surface area contributed by atoms with Crippen LogP contribution in [0.5, 0.6) is 5.75 Å². The van der Waals surface area contributed by atoms with Crippen LogP contribution in [0.1, 0.15) is 50.1 Å². The lowest BCUT2D eigenvalue weighted by Crippen LogP contribution is -2.32.